The van der Waals surface area contributed by atoms with E-state index < -0.39 is 15.4 Å². The molecule has 6 heteroatoms. The van der Waals surface area contributed by atoms with E-state index in [-0.39, 0.29) is 11.5 Å². The first-order valence-electron chi connectivity index (χ1n) is 6.66. The Kier molecular flexibility index (Phi) is 4.05. The molecule has 0 radical (unpaired) electrons. The minimum atomic E-state index is -3.07. The predicted octanol–water partition coefficient (Wildman–Crippen LogP) is 2.57. The van der Waals surface area contributed by atoms with Crippen LogP contribution in [-0.4, -0.2) is 24.3 Å². The van der Waals surface area contributed by atoms with Gasteiger partial charge in [-0.25, -0.2) is 13.4 Å². The molecule has 1 fully saturated rings. The molecule has 1 N–H and O–H groups in total. The first kappa shape index (κ1) is 14.9. The molecule has 19 heavy (non-hydrogen) atoms. The molecule has 0 bridgehead atoms. The van der Waals surface area contributed by atoms with E-state index in [1.54, 1.807) is 13.8 Å². The summed E-state index contributed by atoms with van der Waals surface area (Å²) >= 11 is 1.35. The van der Waals surface area contributed by atoms with Crippen LogP contribution in [0.5, 0.6) is 0 Å². The van der Waals surface area contributed by atoms with Gasteiger partial charge in [-0.3, -0.25) is 0 Å². The minimum absolute atomic E-state index is 0.00130. The highest BCUT2D eigenvalue weighted by molar-refractivity contribution is 7.90. The van der Waals surface area contributed by atoms with Crippen molar-refractivity contribution >= 4 is 21.2 Å². The van der Waals surface area contributed by atoms with Crippen LogP contribution in [0.25, 0.3) is 0 Å². The van der Waals surface area contributed by atoms with Crippen LogP contribution in [0.4, 0.5) is 0 Å². The maximum atomic E-state index is 11.9. The number of nitrogens with zero attached hydrogens (tertiary/aromatic N) is 1. The summed E-state index contributed by atoms with van der Waals surface area (Å²) in [4.78, 5) is 5.32. The number of thiazole rings is 1. The lowest BCUT2D eigenvalue weighted by Crippen LogP contribution is -2.15. The first-order valence-corrected chi connectivity index (χ1v) is 9.29. The smallest absolute Gasteiger partial charge is 0.156 e. The van der Waals surface area contributed by atoms with Crippen molar-refractivity contribution in [1.29, 1.82) is 0 Å². The molecule has 4 nitrogen and oxygen atoms in total. The van der Waals surface area contributed by atoms with Crippen molar-refractivity contribution in [3.8, 4) is 0 Å². The van der Waals surface area contributed by atoms with Crippen LogP contribution in [-0.2, 0) is 21.2 Å². The summed E-state index contributed by atoms with van der Waals surface area (Å²) in [6.45, 7) is 5.32. The molecule has 2 rings (SSSR count). The summed E-state index contributed by atoms with van der Waals surface area (Å²) in [7, 11) is -3.07. The van der Waals surface area contributed by atoms with Crippen LogP contribution in [0.3, 0.4) is 0 Å². The summed E-state index contributed by atoms with van der Waals surface area (Å²) in [5, 5.41) is 10.8. The molecular weight excluding hydrogens is 282 g/mol. The molecule has 0 aromatic carbocycles. The van der Waals surface area contributed by atoms with Crippen molar-refractivity contribution in [1.82, 2.24) is 4.98 Å². The van der Waals surface area contributed by atoms with Crippen molar-refractivity contribution in [2.75, 3.05) is 5.75 Å². The monoisotopic (exact) mass is 303 g/mol. The zero-order chi connectivity index (χ0) is 14.3. The molecule has 1 heterocycles. The third-order valence-corrected chi connectivity index (χ3v) is 6.39. The highest BCUT2D eigenvalue weighted by Crippen LogP contribution is 2.45. The van der Waals surface area contributed by atoms with Gasteiger partial charge in [-0.05, 0) is 33.1 Å². The quantitative estimate of drug-likeness (QED) is 0.877. The van der Waals surface area contributed by atoms with Gasteiger partial charge in [-0.15, -0.1) is 11.3 Å². The van der Waals surface area contributed by atoms with Gasteiger partial charge in [-0.2, -0.15) is 0 Å². The van der Waals surface area contributed by atoms with Crippen LogP contribution in [0, 0.1) is 0 Å². The third kappa shape index (κ3) is 3.77. The van der Waals surface area contributed by atoms with Gasteiger partial charge in [0.15, 0.2) is 9.84 Å². The second kappa shape index (κ2) is 5.14. The summed E-state index contributed by atoms with van der Waals surface area (Å²) in [5.74, 6) is 0.616. The standard InChI is InChI=1S/C13H21NO3S2/c1-4-7-19(16,17)8-10-14-11(9-5-6-9)12(18-10)13(2,3)15/h9,15H,4-8H2,1-3H3. The first-order chi connectivity index (χ1) is 8.73. The number of hydrogen-bond acceptors (Lipinski definition) is 5. The Morgan fingerprint density at radius 1 is 1.42 bits per heavy atom. The Balaban J connectivity index is 2.28. The number of rotatable bonds is 6. The Labute approximate surface area is 118 Å². The maximum Gasteiger partial charge on any atom is 0.156 e. The lowest BCUT2D eigenvalue weighted by atomic mass is 10.0. The van der Waals surface area contributed by atoms with Gasteiger partial charge in [-0.1, -0.05) is 6.92 Å². The molecule has 1 aliphatic carbocycles. The van der Waals surface area contributed by atoms with E-state index in [1.165, 1.54) is 11.3 Å². The van der Waals surface area contributed by atoms with E-state index in [0.29, 0.717) is 17.3 Å². The van der Waals surface area contributed by atoms with Crippen molar-refractivity contribution in [2.45, 2.75) is 57.3 Å². The summed E-state index contributed by atoms with van der Waals surface area (Å²) in [6, 6.07) is 0. The molecule has 0 unspecified atom stereocenters. The van der Waals surface area contributed by atoms with E-state index in [4.69, 9.17) is 0 Å². The average Bonchev–Trinajstić information content (AvgIpc) is 2.98. The van der Waals surface area contributed by atoms with Gasteiger partial charge < -0.3 is 5.11 Å². The minimum Gasteiger partial charge on any atom is -0.385 e. The van der Waals surface area contributed by atoms with E-state index in [9.17, 15) is 13.5 Å². The number of sulfone groups is 1. The molecule has 0 saturated heterocycles. The zero-order valence-electron chi connectivity index (χ0n) is 11.6. The Bertz CT molecular complexity index is 551. The van der Waals surface area contributed by atoms with Crippen molar-refractivity contribution in [3.05, 3.63) is 15.6 Å². The largest absolute Gasteiger partial charge is 0.385 e. The van der Waals surface area contributed by atoms with Crippen LogP contribution in [0.2, 0.25) is 0 Å². The van der Waals surface area contributed by atoms with Gasteiger partial charge in [0.2, 0.25) is 0 Å². The Morgan fingerprint density at radius 2 is 2.05 bits per heavy atom. The molecule has 1 aromatic rings. The van der Waals surface area contributed by atoms with Gasteiger partial charge in [0, 0.05) is 5.92 Å². The number of hydrogen-bond donors (Lipinski definition) is 1. The second-order valence-electron chi connectivity index (χ2n) is 5.75. The predicted molar refractivity (Wildman–Crippen MR) is 77.1 cm³/mol. The molecule has 1 aromatic heterocycles. The topological polar surface area (TPSA) is 67.3 Å². The van der Waals surface area contributed by atoms with Gasteiger partial charge in [0.25, 0.3) is 0 Å². The normalized spacial score (nSPS) is 16.8. The van der Waals surface area contributed by atoms with E-state index >= 15 is 0 Å². The molecule has 108 valence electrons. The molecule has 0 spiro atoms. The lowest BCUT2D eigenvalue weighted by molar-refractivity contribution is 0.0813. The van der Waals surface area contributed by atoms with Crippen LogP contribution < -0.4 is 0 Å². The second-order valence-corrected chi connectivity index (χ2v) is 9.01. The third-order valence-electron chi connectivity index (χ3n) is 3.08. The molecule has 1 aliphatic rings. The SMILES string of the molecule is CCCS(=O)(=O)Cc1nc(C2CC2)c(C(C)(C)O)s1. The van der Waals surface area contributed by atoms with E-state index in [0.717, 1.165) is 23.4 Å². The number of aromatic nitrogens is 1. The Hall–Kier alpha value is -0.460. The highest BCUT2D eigenvalue weighted by Gasteiger charge is 2.35. The van der Waals surface area contributed by atoms with Crippen LogP contribution in [0.1, 0.15) is 61.5 Å². The van der Waals surface area contributed by atoms with Crippen molar-refractivity contribution in [2.24, 2.45) is 0 Å². The van der Waals surface area contributed by atoms with Gasteiger partial charge >= 0.3 is 0 Å². The molecule has 1 saturated carbocycles. The number of aliphatic hydroxyl groups is 1. The lowest BCUT2D eigenvalue weighted by Gasteiger charge is -2.16. The summed E-state index contributed by atoms with van der Waals surface area (Å²) in [5.41, 5.74) is -0.0262. The van der Waals surface area contributed by atoms with Crippen LogP contribution in [0.15, 0.2) is 0 Å². The van der Waals surface area contributed by atoms with Gasteiger partial charge in [0.05, 0.1) is 21.9 Å². The fourth-order valence-corrected chi connectivity index (χ4v) is 5.01. The molecule has 0 aliphatic heterocycles. The fourth-order valence-electron chi connectivity index (χ4n) is 2.08. The average molecular weight is 303 g/mol. The summed E-state index contributed by atoms with van der Waals surface area (Å²) < 4.78 is 23.7. The van der Waals surface area contributed by atoms with E-state index in [2.05, 4.69) is 4.98 Å². The fraction of sp³-hybridized carbons (Fsp3) is 0.769. The van der Waals surface area contributed by atoms with Gasteiger partial charge in [0.1, 0.15) is 10.8 Å². The highest BCUT2D eigenvalue weighted by atomic mass is 32.2. The van der Waals surface area contributed by atoms with E-state index in [1.807, 2.05) is 6.92 Å². The maximum absolute atomic E-state index is 11.9. The van der Waals surface area contributed by atoms with Crippen molar-refractivity contribution in [3.63, 3.8) is 0 Å². The van der Waals surface area contributed by atoms with Crippen LogP contribution >= 0.6 is 11.3 Å². The Morgan fingerprint density at radius 3 is 2.53 bits per heavy atom. The molecule has 0 amide bonds. The molecule has 0 atom stereocenters. The molecular formula is C13H21NO3S2. The van der Waals surface area contributed by atoms with Crippen molar-refractivity contribution < 1.29 is 13.5 Å². The summed E-state index contributed by atoms with van der Waals surface area (Å²) in [6.07, 6.45) is 2.81. The zero-order valence-corrected chi connectivity index (χ0v) is 13.3.